The molecule has 0 unspecified atom stereocenters. The minimum absolute atomic E-state index is 0.202. The smallest absolute Gasteiger partial charge is 0.297 e. The Morgan fingerprint density at radius 2 is 1.82 bits per heavy atom. The van der Waals surface area contributed by atoms with Gasteiger partial charge in [0.25, 0.3) is 11.9 Å². The summed E-state index contributed by atoms with van der Waals surface area (Å²) in [5.74, 6) is -2.25. The zero-order valence-corrected chi connectivity index (χ0v) is 12.9. The molecule has 0 bridgehead atoms. The van der Waals surface area contributed by atoms with Crippen LogP contribution in [0.25, 0.3) is 0 Å². The first-order valence-electron chi connectivity index (χ1n) is 7.61. The van der Waals surface area contributed by atoms with Crippen LogP contribution < -0.4 is 4.90 Å². The second kappa shape index (κ2) is 5.71. The molecule has 3 rings (SSSR count). The molecule has 0 spiro atoms. The number of benzene rings is 1. The Labute approximate surface area is 129 Å². The molecular weight excluding hydrogens is 286 g/mol. The zero-order valence-electron chi connectivity index (χ0n) is 12.9. The summed E-state index contributed by atoms with van der Waals surface area (Å²) in [6.45, 7) is 3.94. The lowest BCUT2D eigenvalue weighted by Crippen LogP contribution is -2.33. The number of rotatable bonds is 3. The minimum atomic E-state index is -2.96. The Bertz CT molecular complexity index is 626. The molecule has 22 heavy (non-hydrogen) atoms. The molecule has 1 aliphatic heterocycles. The zero-order chi connectivity index (χ0) is 15.7. The third-order valence-corrected chi connectivity index (χ3v) is 4.24. The summed E-state index contributed by atoms with van der Waals surface area (Å²) in [5.41, 5.74) is 1.08. The summed E-state index contributed by atoms with van der Waals surface area (Å²) in [5, 5.41) is 0. The number of alkyl halides is 2. The lowest BCUT2D eigenvalue weighted by molar-refractivity contribution is 0.0118. The molecule has 3 nitrogen and oxygen atoms in total. The standard InChI is InChI=1S/C17H20F2N2O/c1-12-15(17(2,18)19)20-16(22-12)21-10-8-14(9-11-21)13-6-4-3-5-7-13/h3-7,14H,8-11H2,1-2H3. The van der Waals surface area contributed by atoms with E-state index in [2.05, 4.69) is 29.2 Å². The number of halogens is 2. The van der Waals surface area contributed by atoms with E-state index in [0.29, 0.717) is 11.9 Å². The van der Waals surface area contributed by atoms with E-state index in [1.807, 2.05) is 11.0 Å². The van der Waals surface area contributed by atoms with Crippen molar-refractivity contribution >= 4 is 6.01 Å². The molecular formula is C17H20F2N2O. The number of hydrogen-bond acceptors (Lipinski definition) is 3. The lowest BCUT2D eigenvalue weighted by Gasteiger charge is -2.31. The van der Waals surface area contributed by atoms with E-state index < -0.39 is 5.92 Å². The number of aryl methyl sites for hydroxylation is 1. The molecule has 1 fully saturated rings. The van der Waals surface area contributed by atoms with Crippen molar-refractivity contribution in [2.24, 2.45) is 0 Å². The second-order valence-electron chi connectivity index (χ2n) is 5.96. The van der Waals surface area contributed by atoms with Crippen LogP contribution in [0.2, 0.25) is 0 Å². The SMILES string of the molecule is Cc1oc(N2CCC(c3ccccc3)CC2)nc1C(C)(F)F. The Hall–Kier alpha value is -1.91. The van der Waals surface area contributed by atoms with E-state index in [9.17, 15) is 8.78 Å². The van der Waals surface area contributed by atoms with Gasteiger partial charge in [0.1, 0.15) is 5.76 Å². The fourth-order valence-electron chi connectivity index (χ4n) is 3.05. The van der Waals surface area contributed by atoms with Gasteiger partial charge in [-0.3, -0.25) is 0 Å². The van der Waals surface area contributed by atoms with Crippen LogP contribution in [0.15, 0.2) is 34.7 Å². The first-order chi connectivity index (χ1) is 10.4. The van der Waals surface area contributed by atoms with Gasteiger partial charge in [0.2, 0.25) is 0 Å². The van der Waals surface area contributed by atoms with Crippen molar-refractivity contribution in [2.75, 3.05) is 18.0 Å². The van der Waals surface area contributed by atoms with Crippen LogP contribution in [0.1, 0.15) is 42.7 Å². The summed E-state index contributed by atoms with van der Waals surface area (Å²) < 4.78 is 32.3. The third kappa shape index (κ3) is 2.98. The van der Waals surface area contributed by atoms with Gasteiger partial charge in [-0.1, -0.05) is 30.3 Å². The fraction of sp³-hybridized carbons (Fsp3) is 0.471. The van der Waals surface area contributed by atoms with Crippen molar-refractivity contribution in [3.63, 3.8) is 0 Å². The predicted octanol–water partition coefficient (Wildman–Crippen LogP) is 4.48. The van der Waals surface area contributed by atoms with Gasteiger partial charge in [-0.2, -0.15) is 13.8 Å². The highest BCUT2D eigenvalue weighted by atomic mass is 19.3. The molecule has 1 aliphatic rings. The molecule has 0 N–H and O–H groups in total. The summed E-state index contributed by atoms with van der Waals surface area (Å²) in [6, 6.07) is 10.7. The number of piperidine rings is 1. The average molecular weight is 306 g/mol. The maximum Gasteiger partial charge on any atom is 0.297 e. The molecule has 5 heteroatoms. The molecule has 0 radical (unpaired) electrons. The molecule has 0 atom stereocenters. The highest BCUT2D eigenvalue weighted by molar-refractivity contribution is 5.33. The van der Waals surface area contributed by atoms with E-state index in [0.717, 1.165) is 32.9 Å². The van der Waals surface area contributed by atoms with E-state index in [1.54, 1.807) is 6.92 Å². The number of hydrogen-bond donors (Lipinski definition) is 0. The molecule has 118 valence electrons. The Balaban J connectivity index is 1.69. The fourth-order valence-corrected chi connectivity index (χ4v) is 3.05. The van der Waals surface area contributed by atoms with Crippen LogP contribution in [0.4, 0.5) is 14.8 Å². The van der Waals surface area contributed by atoms with E-state index >= 15 is 0 Å². The van der Waals surface area contributed by atoms with Crippen LogP contribution >= 0.6 is 0 Å². The van der Waals surface area contributed by atoms with Crippen LogP contribution in [-0.4, -0.2) is 18.1 Å². The maximum absolute atomic E-state index is 13.4. The molecule has 0 amide bonds. The lowest BCUT2D eigenvalue weighted by atomic mass is 9.90. The van der Waals surface area contributed by atoms with Crippen molar-refractivity contribution in [1.29, 1.82) is 0 Å². The molecule has 2 aromatic rings. The minimum Gasteiger partial charge on any atom is -0.428 e. The summed E-state index contributed by atoms with van der Waals surface area (Å²) >= 11 is 0. The Kier molecular flexibility index (Phi) is 3.89. The molecule has 0 aliphatic carbocycles. The molecule has 1 aromatic carbocycles. The van der Waals surface area contributed by atoms with Crippen LogP contribution in [0.3, 0.4) is 0 Å². The molecule has 0 saturated carbocycles. The predicted molar refractivity (Wildman–Crippen MR) is 81.4 cm³/mol. The molecule has 2 heterocycles. The molecule has 1 saturated heterocycles. The van der Waals surface area contributed by atoms with Gasteiger partial charge < -0.3 is 9.32 Å². The summed E-state index contributed by atoms with van der Waals surface area (Å²) in [7, 11) is 0. The quantitative estimate of drug-likeness (QED) is 0.837. The number of anilines is 1. The van der Waals surface area contributed by atoms with Crippen LogP contribution in [-0.2, 0) is 5.92 Å². The van der Waals surface area contributed by atoms with Crippen LogP contribution in [0, 0.1) is 6.92 Å². The van der Waals surface area contributed by atoms with E-state index in [1.165, 1.54) is 5.56 Å². The van der Waals surface area contributed by atoms with Crippen molar-refractivity contribution < 1.29 is 13.2 Å². The topological polar surface area (TPSA) is 29.3 Å². The number of oxazole rings is 1. The van der Waals surface area contributed by atoms with Gasteiger partial charge in [-0.05, 0) is 31.2 Å². The summed E-state index contributed by atoms with van der Waals surface area (Å²) in [4.78, 5) is 5.97. The summed E-state index contributed by atoms with van der Waals surface area (Å²) in [6.07, 6.45) is 1.95. The first-order valence-corrected chi connectivity index (χ1v) is 7.61. The largest absolute Gasteiger partial charge is 0.428 e. The third-order valence-electron chi connectivity index (χ3n) is 4.24. The van der Waals surface area contributed by atoms with Crippen molar-refractivity contribution in [1.82, 2.24) is 4.98 Å². The van der Waals surface area contributed by atoms with Gasteiger partial charge in [-0.15, -0.1) is 0 Å². The van der Waals surface area contributed by atoms with Crippen LogP contribution in [0.5, 0.6) is 0 Å². The van der Waals surface area contributed by atoms with Gasteiger partial charge in [0.15, 0.2) is 5.69 Å². The number of aromatic nitrogens is 1. The van der Waals surface area contributed by atoms with Gasteiger partial charge in [-0.25, -0.2) is 0 Å². The Morgan fingerprint density at radius 3 is 2.36 bits per heavy atom. The average Bonchev–Trinajstić information content (AvgIpc) is 2.90. The highest BCUT2D eigenvalue weighted by Gasteiger charge is 2.33. The molecule has 1 aromatic heterocycles. The van der Waals surface area contributed by atoms with E-state index in [-0.39, 0.29) is 11.5 Å². The highest BCUT2D eigenvalue weighted by Crippen LogP contribution is 2.34. The van der Waals surface area contributed by atoms with Gasteiger partial charge in [0.05, 0.1) is 0 Å². The maximum atomic E-state index is 13.4. The normalized spacial score (nSPS) is 17.0. The van der Waals surface area contributed by atoms with Crippen molar-refractivity contribution in [3.05, 3.63) is 47.3 Å². The van der Waals surface area contributed by atoms with Crippen molar-refractivity contribution in [3.8, 4) is 0 Å². The monoisotopic (exact) mass is 306 g/mol. The first kappa shape index (κ1) is 15.0. The van der Waals surface area contributed by atoms with Gasteiger partial charge in [0, 0.05) is 20.0 Å². The Morgan fingerprint density at radius 1 is 1.18 bits per heavy atom. The van der Waals surface area contributed by atoms with E-state index in [4.69, 9.17) is 4.42 Å². The van der Waals surface area contributed by atoms with Crippen molar-refractivity contribution in [2.45, 2.75) is 38.5 Å². The number of nitrogens with zero attached hydrogens (tertiary/aromatic N) is 2. The second-order valence-corrected chi connectivity index (χ2v) is 5.96. The van der Waals surface area contributed by atoms with Gasteiger partial charge >= 0.3 is 0 Å².